The molecule has 5 N–H and O–H groups in total. The van der Waals surface area contributed by atoms with E-state index in [1.807, 2.05) is 0 Å². The van der Waals surface area contributed by atoms with Crippen molar-refractivity contribution in [2.75, 3.05) is 38.4 Å². The molecule has 48 heavy (non-hydrogen) atoms. The van der Waals surface area contributed by atoms with Gasteiger partial charge in [0.2, 0.25) is 18.6 Å². The number of hydrogen-bond donors (Lipinski definition) is 4. The molecule has 19 heteroatoms. The van der Waals surface area contributed by atoms with Gasteiger partial charge in [0.15, 0.2) is 17.4 Å². The highest BCUT2D eigenvalue weighted by molar-refractivity contribution is 6.34. The topological polar surface area (TPSA) is 169 Å². The summed E-state index contributed by atoms with van der Waals surface area (Å²) in [6, 6.07) is 6.68. The van der Waals surface area contributed by atoms with Crippen LogP contribution in [0.25, 0.3) is 11.3 Å². The lowest BCUT2D eigenvalue weighted by Crippen LogP contribution is -2.43. The van der Waals surface area contributed by atoms with Gasteiger partial charge < -0.3 is 35.7 Å². The zero-order valence-electron chi connectivity index (χ0n) is 25.0. The number of benzene rings is 2. The molecular weight excluding hydrogens is 678 g/mol. The number of nitrogens with two attached hydrogens (primary N) is 1. The Bertz CT molecular complexity index is 1660. The highest BCUT2D eigenvalue weighted by Crippen LogP contribution is 2.31. The van der Waals surface area contributed by atoms with Gasteiger partial charge in [-0.25, -0.2) is 18.6 Å². The summed E-state index contributed by atoms with van der Waals surface area (Å²) in [7, 11) is 1.44. The summed E-state index contributed by atoms with van der Waals surface area (Å²) in [5.41, 5.74) is 5.84. The van der Waals surface area contributed by atoms with Crippen LogP contribution in [0.5, 0.6) is 5.75 Å². The molecule has 1 aliphatic rings. The molecule has 0 unspecified atom stereocenters. The Morgan fingerprint density at radius 1 is 1.10 bits per heavy atom. The predicted molar refractivity (Wildman–Crippen MR) is 159 cm³/mol. The number of carbonyl (C=O) groups is 4. The molecule has 3 amide bonds. The van der Waals surface area contributed by atoms with Crippen molar-refractivity contribution >= 4 is 41.0 Å². The number of aromatic nitrogens is 2. The third kappa shape index (κ3) is 9.15. The number of alkyl halides is 4. The SMILES string of the molecule is Cn1c(-c2ccc(OCF)c(F)c2F)cnc1C(=O)Nc1ccc(C(=O)N2CCC(C(=O)NCCN)CC2)c(Cl)c1.O=C(O)C(F)(F)F. The molecule has 1 saturated heterocycles. The van der Waals surface area contributed by atoms with E-state index >= 15 is 0 Å². The first-order valence-corrected chi connectivity index (χ1v) is 14.3. The quantitative estimate of drug-likeness (QED) is 0.241. The van der Waals surface area contributed by atoms with E-state index < -0.39 is 42.3 Å². The molecule has 0 bridgehead atoms. The molecule has 0 radical (unpaired) electrons. The normalized spacial score (nSPS) is 13.3. The number of anilines is 1. The third-order valence-electron chi connectivity index (χ3n) is 7.02. The summed E-state index contributed by atoms with van der Waals surface area (Å²) in [6.45, 7) is 0.232. The summed E-state index contributed by atoms with van der Waals surface area (Å²) in [6.07, 6.45) is -2.85. The lowest BCUT2D eigenvalue weighted by molar-refractivity contribution is -0.192. The van der Waals surface area contributed by atoms with Crippen molar-refractivity contribution in [3.8, 4) is 17.0 Å². The fraction of sp³-hybridized carbons (Fsp3) is 0.345. The van der Waals surface area contributed by atoms with E-state index in [4.69, 9.17) is 27.2 Å². The summed E-state index contributed by atoms with van der Waals surface area (Å²) in [5.74, 6) is -7.31. The summed E-state index contributed by atoms with van der Waals surface area (Å²) in [4.78, 5) is 52.7. The van der Waals surface area contributed by atoms with Crippen LogP contribution in [0.1, 0.15) is 33.8 Å². The maximum Gasteiger partial charge on any atom is 0.490 e. The second-order valence-corrected chi connectivity index (χ2v) is 10.5. The number of halogens is 7. The van der Waals surface area contributed by atoms with Crippen LogP contribution in [0.2, 0.25) is 5.02 Å². The van der Waals surface area contributed by atoms with Gasteiger partial charge in [-0.3, -0.25) is 14.4 Å². The maximum absolute atomic E-state index is 14.6. The van der Waals surface area contributed by atoms with Crippen LogP contribution in [-0.2, 0) is 16.6 Å². The van der Waals surface area contributed by atoms with Gasteiger partial charge in [0, 0.05) is 50.4 Å². The second-order valence-electron chi connectivity index (χ2n) is 10.1. The van der Waals surface area contributed by atoms with Gasteiger partial charge in [0.05, 0.1) is 22.5 Å². The number of ether oxygens (including phenoxy) is 1. The number of hydrogen-bond acceptors (Lipinski definition) is 7. The molecule has 1 fully saturated rings. The van der Waals surface area contributed by atoms with Gasteiger partial charge in [-0.1, -0.05) is 11.6 Å². The van der Waals surface area contributed by atoms with Crippen molar-refractivity contribution in [2.45, 2.75) is 19.0 Å². The standard InChI is InChI=1S/C27H28ClF3N6O4.C2HF3O2/c1-36-20(18-4-5-21(41-14-29)23(31)22(18)30)13-34-24(36)26(39)35-16-2-3-17(19(28)12-16)27(40)37-10-6-15(7-11-37)25(38)33-9-8-32;3-2(4,5)1(6)7/h2-5,12-13,15H,6-11,14,32H2,1H3,(H,33,38)(H,35,39);(H,6,7). The first kappa shape index (κ1) is 37.6. The van der Waals surface area contributed by atoms with Crippen molar-refractivity contribution in [2.24, 2.45) is 18.7 Å². The predicted octanol–water partition coefficient (Wildman–Crippen LogP) is 4.14. The number of aliphatic carboxylic acids is 1. The molecule has 1 aliphatic heterocycles. The monoisotopic (exact) mass is 706 g/mol. The zero-order chi connectivity index (χ0) is 35.8. The van der Waals surface area contributed by atoms with Gasteiger partial charge >= 0.3 is 12.1 Å². The minimum absolute atomic E-state index is 0.0705. The van der Waals surface area contributed by atoms with E-state index in [1.54, 1.807) is 4.90 Å². The summed E-state index contributed by atoms with van der Waals surface area (Å²) >= 11 is 6.39. The van der Waals surface area contributed by atoms with Crippen LogP contribution in [0.3, 0.4) is 0 Å². The Balaban J connectivity index is 0.000000804. The molecule has 260 valence electrons. The van der Waals surface area contributed by atoms with E-state index in [9.17, 15) is 40.7 Å². The van der Waals surface area contributed by atoms with Gasteiger partial charge in [0.1, 0.15) is 0 Å². The van der Waals surface area contributed by atoms with Gasteiger partial charge in [-0.15, -0.1) is 0 Å². The first-order chi connectivity index (χ1) is 22.6. The minimum atomic E-state index is -5.08. The van der Waals surface area contributed by atoms with E-state index in [0.717, 1.165) is 6.07 Å². The Hall–Kier alpha value is -4.84. The molecule has 0 atom stereocenters. The molecule has 12 nitrogen and oxygen atoms in total. The number of imidazole rings is 1. The Kier molecular flexibility index (Phi) is 12.8. The van der Waals surface area contributed by atoms with Gasteiger partial charge in [-0.2, -0.15) is 17.6 Å². The van der Waals surface area contributed by atoms with Crippen molar-refractivity contribution in [3.63, 3.8) is 0 Å². The zero-order valence-corrected chi connectivity index (χ0v) is 25.8. The van der Waals surface area contributed by atoms with Crippen molar-refractivity contribution < 1.29 is 55.4 Å². The number of rotatable bonds is 9. The second kappa shape index (κ2) is 16.3. The van der Waals surface area contributed by atoms with Crippen LogP contribution < -0.4 is 21.1 Å². The number of likely N-dealkylation sites (tertiary alicyclic amines) is 1. The molecule has 0 spiro atoms. The van der Waals surface area contributed by atoms with Gasteiger partial charge in [-0.05, 0) is 43.2 Å². The lowest BCUT2D eigenvalue weighted by atomic mass is 9.95. The maximum atomic E-state index is 14.6. The highest BCUT2D eigenvalue weighted by atomic mass is 35.5. The number of piperidine rings is 1. The third-order valence-corrected chi connectivity index (χ3v) is 7.33. The lowest BCUT2D eigenvalue weighted by Gasteiger charge is -2.31. The number of amides is 3. The van der Waals surface area contributed by atoms with E-state index in [1.165, 1.54) is 42.1 Å². The highest BCUT2D eigenvalue weighted by Gasteiger charge is 2.38. The minimum Gasteiger partial charge on any atom is -0.475 e. The Labute approximate surface area is 273 Å². The molecule has 0 aliphatic carbocycles. The Morgan fingerprint density at radius 2 is 1.75 bits per heavy atom. The van der Waals surface area contributed by atoms with E-state index in [2.05, 4.69) is 20.4 Å². The van der Waals surface area contributed by atoms with Gasteiger partial charge in [0.25, 0.3) is 11.8 Å². The summed E-state index contributed by atoms with van der Waals surface area (Å²) in [5, 5.41) is 12.6. The number of nitrogens with zero attached hydrogens (tertiary/aromatic N) is 3. The Morgan fingerprint density at radius 3 is 2.31 bits per heavy atom. The van der Waals surface area contributed by atoms with Crippen LogP contribution in [0.4, 0.5) is 32.0 Å². The largest absolute Gasteiger partial charge is 0.490 e. The van der Waals surface area contributed by atoms with E-state index in [0.29, 0.717) is 39.0 Å². The van der Waals surface area contributed by atoms with Crippen LogP contribution in [0, 0.1) is 17.6 Å². The molecule has 3 aromatic rings. The molecule has 4 rings (SSSR count). The molecule has 2 heterocycles. The van der Waals surface area contributed by atoms with Crippen LogP contribution in [-0.4, -0.2) is 82.5 Å². The fourth-order valence-corrected chi connectivity index (χ4v) is 4.84. The van der Waals surface area contributed by atoms with Crippen LogP contribution in [0.15, 0.2) is 36.5 Å². The van der Waals surface area contributed by atoms with Crippen molar-refractivity contribution in [1.82, 2.24) is 19.8 Å². The molecule has 0 saturated carbocycles. The number of carboxylic acid groups (broad SMARTS) is 1. The fourth-order valence-electron chi connectivity index (χ4n) is 4.58. The number of nitrogens with one attached hydrogen (secondary N) is 2. The molecular formula is C29H29ClF6N6O6. The van der Waals surface area contributed by atoms with Crippen LogP contribution >= 0.6 is 11.6 Å². The first-order valence-electron chi connectivity index (χ1n) is 14.0. The van der Waals surface area contributed by atoms with Crippen molar-refractivity contribution in [1.29, 1.82) is 0 Å². The average Bonchev–Trinajstić information content (AvgIpc) is 3.42. The number of carboxylic acids is 1. The summed E-state index contributed by atoms with van der Waals surface area (Å²) < 4.78 is 78.6. The number of carbonyl (C=O) groups excluding carboxylic acids is 3. The van der Waals surface area contributed by atoms with Crippen molar-refractivity contribution in [3.05, 3.63) is 64.6 Å². The molecule has 2 aromatic carbocycles. The molecule has 1 aromatic heterocycles. The average molecular weight is 707 g/mol. The smallest absolute Gasteiger partial charge is 0.475 e. The van der Waals surface area contributed by atoms with E-state index in [-0.39, 0.29) is 51.1 Å².